The number of nitrogens with one attached hydrogen (secondary N) is 1. The Morgan fingerprint density at radius 2 is 1.96 bits per heavy atom. The minimum Gasteiger partial charge on any atom is -0.373 e. The molecule has 138 valence electrons. The zero-order valence-electron chi connectivity index (χ0n) is 16.0. The zero-order chi connectivity index (χ0) is 18.0. The molecule has 2 aliphatic rings. The lowest BCUT2D eigenvalue weighted by Gasteiger charge is -2.45. The first kappa shape index (κ1) is 18.1. The van der Waals surface area contributed by atoms with Crippen LogP contribution in [0.4, 0.5) is 5.82 Å². The van der Waals surface area contributed by atoms with Crippen molar-refractivity contribution in [3.8, 4) is 0 Å². The predicted octanol–water partition coefficient (Wildman–Crippen LogP) is 2.41. The third kappa shape index (κ3) is 3.64. The second-order valence-corrected chi connectivity index (χ2v) is 7.69. The van der Waals surface area contributed by atoms with E-state index in [2.05, 4.69) is 39.1 Å². The summed E-state index contributed by atoms with van der Waals surface area (Å²) in [6.45, 7) is 6.72. The Labute approximate surface area is 151 Å². The van der Waals surface area contributed by atoms with E-state index in [0.29, 0.717) is 11.8 Å². The third-order valence-electron chi connectivity index (χ3n) is 6.02. The molecule has 25 heavy (non-hydrogen) atoms. The summed E-state index contributed by atoms with van der Waals surface area (Å²) in [5, 5.41) is 3.11. The highest BCUT2D eigenvalue weighted by atomic mass is 16.2. The molecule has 0 aliphatic carbocycles. The first-order valence-corrected chi connectivity index (χ1v) is 9.48. The van der Waals surface area contributed by atoms with Crippen molar-refractivity contribution in [2.45, 2.75) is 57.4 Å². The van der Waals surface area contributed by atoms with Gasteiger partial charge in [0.1, 0.15) is 11.6 Å². The van der Waals surface area contributed by atoms with Crippen molar-refractivity contribution < 1.29 is 4.79 Å². The molecule has 1 aromatic rings. The van der Waals surface area contributed by atoms with Crippen LogP contribution in [-0.2, 0) is 4.79 Å². The molecule has 0 radical (unpaired) electrons. The van der Waals surface area contributed by atoms with E-state index >= 15 is 0 Å². The van der Waals surface area contributed by atoms with E-state index in [4.69, 9.17) is 0 Å². The minimum absolute atomic E-state index is 0.308. The molecule has 0 unspecified atom stereocenters. The largest absolute Gasteiger partial charge is 0.373 e. The topological polar surface area (TPSA) is 61.4 Å². The number of likely N-dealkylation sites (tertiary alicyclic amines) is 2. The Kier molecular flexibility index (Phi) is 5.27. The zero-order valence-corrected chi connectivity index (χ0v) is 16.0. The molecule has 2 saturated heterocycles. The van der Waals surface area contributed by atoms with Gasteiger partial charge in [0, 0.05) is 37.8 Å². The maximum atomic E-state index is 13.1. The molecule has 2 fully saturated rings. The summed E-state index contributed by atoms with van der Waals surface area (Å²) in [5.74, 6) is 2.40. The molecule has 3 rings (SSSR count). The Morgan fingerprint density at radius 1 is 1.24 bits per heavy atom. The van der Waals surface area contributed by atoms with Gasteiger partial charge in [0.15, 0.2) is 0 Å². The summed E-state index contributed by atoms with van der Waals surface area (Å²) in [4.78, 5) is 26.5. The number of aromatic nitrogens is 2. The summed E-state index contributed by atoms with van der Waals surface area (Å²) in [7, 11) is 3.97. The van der Waals surface area contributed by atoms with Gasteiger partial charge in [0.2, 0.25) is 5.91 Å². The average Bonchev–Trinajstić information content (AvgIpc) is 2.63. The van der Waals surface area contributed by atoms with Gasteiger partial charge >= 0.3 is 0 Å². The number of aryl methyl sites for hydroxylation is 1. The fraction of sp³-hybridized carbons (Fsp3) is 0.737. The van der Waals surface area contributed by atoms with E-state index in [-0.39, 0.29) is 5.54 Å². The minimum atomic E-state index is -0.324. The van der Waals surface area contributed by atoms with Crippen LogP contribution in [0.1, 0.15) is 56.5 Å². The van der Waals surface area contributed by atoms with Crippen LogP contribution in [0.5, 0.6) is 0 Å². The number of amides is 1. The maximum absolute atomic E-state index is 13.1. The van der Waals surface area contributed by atoms with Crippen LogP contribution in [0.15, 0.2) is 6.07 Å². The number of hydrogen-bond donors (Lipinski definition) is 1. The van der Waals surface area contributed by atoms with E-state index in [0.717, 1.165) is 62.7 Å². The molecule has 1 aromatic heterocycles. The standard InChI is InChI=1S/C19H31N5O/c1-14-21-16(13-17(20-3)22-14)15-7-11-24(12-8-15)18(25)19(2)9-5-6-10-23(19)4/h13,15H,5-12H2,1-4H3,(H,20,21,22)/t19-/m1/s1. The highest BCUT2D eigenvalue weighted by Crippen LogP contribution is 2.32. The lowest BCUT2D eigenvalue weighted by atomic mass is 9.86. The normalized spacial score (nSPS) is 25.8. The number of anilines is 1. The Morgan fingerprint density at radius 3 is 2.60 bits per heavy atom. The lowest BCUT2D eigenvalue weighted by Crippen LogP contribution is -2.59. The van der Waals surface area contributed by atoms with Gasteiger partial charge in [-0.2, -0.15) is 0 Å². The summed E-state index contributed by atoms with van der Waals surface area (Å²) in [5.41, 5.74) is 0.778. The van der Waals surface area contributed by atoms with E-state index < -0.39 is 0 Å². The van der Waals surface area contributed by atoms with Crippen LogP contribution in [0.2, 0.25) is 0 Å². The van der Waals surface area contributed by atoms with E-state index in [1.165, 1.54) is 6.42 Å². The van der Waals surface area contributed by atoms with E-state index in [9.17, 15) is 4.79 Å². The van der Waals surface area contributed by atoms with Crippen molar-refractivity contribution in [3.05, 3.63) is 17.6 Å². The average molecular weight is 345 g/mol. The van der Waals surface area contributed by atoms with Crippen molar-refractivity contribution in [1.29, 1.82) is 0 Å². The van der Waals surface area contributed by atoms with Gasteiger partial charge in [-0.25, -0.2) is 9.97 Å². The van der Waals surface area contributed by atoms with Gasteiger partial charge in [-0.15, -0.1) is 0 Å². The van der Waals surface area contributed by atoms with E-state index in [1.54, 1.807) is 0 Å². The Balaban J connectivity index is 1.65. The van der Waals surface area contributed by atoms with Crippen molar-refractivity contribution in [2.75, 3.05) is 39.0 Å². The lowest BCUT2D eigenvalue weighted by molar-refractivity contribution is -0.146. The summed E-state index contributed by atoms with van der Waals surface area (Å²) in [6.07, 6.45) is 5.27. The van der Waals surface area contributed by atoms with Crippen molar-refractivity contribution in [1.82, 2.24) is 19.8 Å². The number of hydrogen-bond acceptors (Lipinski definition) is 5. The van der Waals surface area contributed by atoms with Gasteiger partial charge in [-0.3, -0.25) is 9.69 Å². The Hall–Kier alpha value is -1.69. The molecule has 6 heteroatoms. The van der Waals surface area contributed by atoms with Gasteiger partial charge in [-0.1, -0.05) is 0 Å². The number of likely N-dealkylation sites (N-methyl/N-ethyl adjacent to an activating group) is 1. The number of carbonyl (C=O) groups excluding carboxylic acids is 1. The molecule has 3 heterocycles. The van der Waals surface area contributed by atoms with Crippen LogP contribution < -0.4 is 5.32 Å². The quantitative estimate of drug-likeness (QED) is 0.911. The number of carbonyl (C=O) groups is 1. The molecule has 6 nitrogen and oxygen atoms in total. The fourth-order valence-electron chi connectivity index (χ4n) is 4.17. The van der Waals surface area contributed by atoms with Crippen molar-refractivity contribution >= 4 is 11.7 Å². The summed E-state index contributed by atoms with van der Waals surface area (Å²) in [6, 6.07) is 2.05. The van der Waals surface area contributed by atoms with Gasteiger partial charge in [-0.05, 0) is 59.5 Å². The first-order chi connectivity index (χ1) is 11.9. The second kappa shape index (κ2) is 7.28. The molecular formula is C19H31N5O. The third-order valence-corrected chi connectivity index (χ3v) is 6.02. The SMILES string of the molecule is CNc1cc(C2CCN(C(=O)[C@@]3(C)CCCCN3C)CC2)nc(C)n1. The fourth-order valence-corrected chi connectivity index (χ4v) is 4.17. The molecule has 2 aliphatic heterocycles. The number of rotatable bonds is 3. The number of piperidine rings is 2. The van der Waals surface area contributed by atoms with Gasteiger partial charge in [0.05, 0.1) is 5.54 Å². The molecule has 1 atom stereocenters. The highest BCUT2D eigenvalue weighted by Gasteiger charge is 2.42. The van der Waals surface area contributed by atoms with Crippen LogP contribution in [0.3, 0.4) is 0 Å². The van der Waals surface area contributed by atoms with Crippen molar-refractivity contribution in [3.63, 3.8) is 0 Å². The smallest absolute Gasteiger partial charge is 0.242 e. The van der Waals surface area contributed by atoms with Gasteiger partial charge < -0.3 is 10.2 Å². The second-order valence-electron chi connectivity index (χ2n) is 7.69. The molecule has 0 aromatic carbocycles. The molecule has 1 amide bonds. The summed E-state index contributed by atoms with van der Waals surface area (Å²) < 4.78 is 0. The Bertz CT molecular complexity index is 626. The highest BCUT2D eigenvalue weighted by molar-refractivity contribution is 5.86. The molecule has 0 bridgehead atoms. The predicted molar refractivity (Wildman–Crippen MR) is 99.8 cm³/mol. The monoisotopic (exact) mass is 345 g/mol. The molecule has 0 saturated carbocycles. The van der Waals surface area contributed by atoms with Gasteiger partial charge in [0.25, 0.3) is 0 Å². The molecule has 0 spiro atoms. The van der Waals surface area contributed by atoms with Crippen LogP contribution in [-0.4, -0.2) is 64.9 Å². The molecule has 1 N–H and O–H groups in total. The first-order valence-electron chi connectivity index (χ1n) is 9.48. The van der Waals surface area contributed by atoms with Crippen molar-refractivity contribution in [2.24, 2.45) is 0 Å². The van der Waals surface area contributed by atoms with E-state index in [1.807, 2.05) is 20.0 Å². The number of nitrogens with zero attached hydrogens (tertiary/aromatic N) is 4. The molecular weight excluding hydrogens is 314 g/mol. The maximum Gasteiger partial charge on any atom is 0.242 e. The van der Waals surface area contributed by atoms with Crippen LogP contribution in [0.25, 0.3) is 0 Å². The summed E-state index contributed by atoms with van der Waals surface area (Å²) >= 11 is 0. The van der Waals surface area contributed by atoms with Crippen LogP contribution >= 0.6 is 0 Å². The van der Waals surface area contributed by atoms with Crippen LogP contribution in [0, 0.1) is 6.92 Å².